The van der Waals surface area contributed by atoms with Crippen molar-refractivity contribution in [3.05, 3.63) is 34.1 Å². The molecule has 1 aliphatic heterocycles. The van der Waals surface area contributed by atoms with E-state index in [0.717, 1.165) is 23.1 Å². The first-order chi connectivity index (χ1) is 8.97. The third-order valence-corrected chi connectivity index (χ3v) is 2.83. The number of carbonyl (C=O) groups is 1. The van der Waals surface area contributed by atoms with Crippen LogP contribution in [0.15, 0.2) is 18.2 Å². The van der Waals surface area contributed by atoms with Crippen molar-refractivity contribution in [2.24, 2.45) is 0 Å². The second-order valence-corrected chi connectivity index (χ2v) is 4.13. The molecule has 0 aromatic heterocycles. The van der Waals surface area contributed by atoms with Crippen LogP contribution in [-0.2, 0) is 0 Å². The predicted molar refractivity (Wildman–Crippen MR) is 61.7 cm³/mol. The molecule has 0 bridgehead atoms. The van der Waals surface area contributed by atoms with Crippen molar-refractivity contribution in [3.63, 3.8) is 0 Å². The summed E-state index contributed by atoms with van der Waals surface area (Å²) in [6.07, 6.45) is -1.16. The zero-order chi connectivity index (χ0) is 14.0. The third kappa shape index (κ3) is 2.90. The summed E-state index contributed by atoms with van der Waals surface area (Å²) in [4.78, 5) is 22.0. The van der Waals surface area contributed by atoms with Gasteiger partial charge in [-0.2, -0.15) is 0 Å². The Morgan fingerprint density at radius 2 is 2.32 bits per heavy atom. The standard InChI is InChI=1S/C11H11FN2O5/c12-7-1-2-9(14(17)18)10(5-7)19-8-3-4-13(6-8)11(15)16/h1-2,5,8H,3-4,6H2,(H,15,16)/t8-/m0/s1. The van der Waals surface area contributed by atoms with Crippen molar-refractivity contribution in [1.29, 1.82) is 0 Å². The molecule has 0 spiro atoms. The van der Waals surface area contributed by atoms with E-state index in [1.165, 1.54) is 0 Å². The Balaban J connectivity index is 2.13. The van der Waals surface area contributed by atoms with Crippen LogP contribution in [0.5, 0.6) is 5.75 Å². The Bertz CT molecular complexity index is 522. The van der Waals surface area contributed by atoms with E-state index in [0.29, 0.717) is 13.0 Å². The Hall–Kier alpha value is -2.38. The molecule has 1 N–H and O–H groups in total. The molecule has 19 heavy (non-hydrogen) atoms. The normalized spacial score (nSPS) is 18.4. The lowest BCUT2D eigenvalue weighted by Crippen LogP contribution is -2.29. The van der Waals surface area contributed by atoms with Gasteiger partial charge in [-0.05, 0) is 6.07 Å². The second kappa shape index (κ2) is 5.09. The van der Waals surface area contributed by atoms with Crippen LogP contribution in [0.25, 0.3) is 0 Å². The number of nitrogens with zero attached hydrogens (tertiary/aromatic N) is 2. The molecule has 1 atom stereocenters. The summed E-state index contributed by atoms with van der Waals surface area (Å²) >= 11 is 0. The molecule has 1 aromatic rings. The minimum absolute atomic E-state index is 0.114. The number of benzene rings is 1. The fraction of sp³-hybridized carbons (Fsp3) is 0.364. The summed E-state index contributed by atoms with van der Waals surface area (Å²) < 4.78 is 18.4. The highest BCUT2D eigenvalue weighted by atomic mass is 19.1. The topological polar surface area (TPSA) is 92.9 Å². The first kappa shape index (κ1) is 13.1. The number of nitro benzene ring substituents is 1. The SMILES string of the molecule is O=C(O)N1CC[C@H](Oc2cc(F)ccc2[N+](=O)[O-])C1. The van der Waals surface area contributed by atoms with Gasteiger partial charge < -0.3 is 14.7 Å². The van der Waals surface area contributed by atoms with Crippen LogP contribution < -0.4 is 4.74 Å². The highest BCUT2D eigenvalue weighted by Crippen LogP contribution is 2.29. The van der Waals surface area contributed by atoms with Gasteiger partial charge in [0.05, 0.1) is 11.5 Å². The molecule has 1 amide bonds. The lowest BCUT2D eigenvalue weighted by molar-refractivity contribution is -0.386. The summed E-state index contributed by atoms with van der Waals surface area (Å²) in [6.45, 7) is 0.409. The number of likely N-dealkylation sites (tertiary alicyclic amines) is 1. The molecule has 0 aliphatic carbocycles. The molecule has 1 saturated heterocycles. The van der Waals surface area contributed by atoms with Crippen molar-refractivity contribution in [1.82, 2.24) is 4.90 Å². The number of hydrogen-bond acceptors (Lipinski definition) is 4. The average Bonchev–Trinajstić information content (AvgIpc) is 2.77. The maximum atomic E-state index is 13.1. The quantitative estimate of drug-likeness (QED) is 0.668. The van der Waals surface area contributed by atoms with Gasteiger partial charge in [-0.3, -0.25) is 10.1 Å². The lowest BCUT2D eigenvalue weighted by atomic mass is 10.2. The summed E-state index contributed by atoms with van der Waals surface area (Å²) in [5.74, 6) is -0.823. The Morgan fingerprint density at radius 3 is 2.89 bits per heavy atom. The number of carboxylic acid groups (broad SMARTS) is 1. The largest absolute Gasteiger partial charge is 0.481 e. The van der Waals surface area contributed by atoms with E-state index in [2.05, 4.69) is 0 Å². The van der Waals surface area contributed by atoms with Crippen LogP contribution in [0, 0.1) is 15.9 Å². The van der Waals surface area contributed by atoms with Crippen LogP contribution in [0.4, 0.5) is 14.9 Å². The van der Waals surface area contributed by atoms with Gasteiger partial charge in [0.2, 0.25) is 0 Å². The molecule has 8 heteroatoms. The summed E-state index contributed by atoms with van der Waals surface area (Å²) in [6, 6.07) is 2.93. The lowest BCUT2D eigenvalue weighted by Gasteiger charge is -2.14. The van der Waals surface area contributed by atoms with E-state index in [-0.39, 0.29) is 18.0 Å². The fourth-order valence-corrected chi connectivity index (χ4v) is 1.91. The van der Waals surface area contributed by atoms with Gasteiger partial charge in [-0.25, -0.2) is 9.18 Å². The highest BCUT2D eigenvalue weighted by Gasteiger charge is 2.29. The molecule has 0 unspecified atom stereocenters. The van der Waals surface area contributed by atoms with Gasteiger partial charge >= 0.3 is 11.8 Å². The second-order valence-electron chi connectivity index (χ2n) is 4.13. The maximum Gasteiger partial charge on any atom is 0.407 e. The number of ether oxygens (including phenoxy) is 1. The van der Waals surface area contributed by atoms with Crippen LogP contribution in [0.2, 0.25) is 0 Å². The molecule has 1 aliphatic rings. The van der Waals surface area contributed by atoms with Crippen LogP contribution in [-0.4, -0.2) is 40.2 Å². The molecule has 1 aromatic carbocycles. The van der Waals surface area contributed by atoms with Crippen molar-refractivity contribution in [2.45, 2.75) is 12.5 Å². The summed E-state index contributed by atoms with van der Waals surface area (Å²) in [5, 5.41) is 19.6. The predicted octanol–water partition coefficient (Wildman–Crippen LogP) is 1.86. The first-order valence-corrected chi connectivity index (χ1v) is 5.56. The zero-order valence-corrected chi connectivity index (χ0v) is 9.78. The van der Waals surface area contributed by atoms with Gasteiger partial charge in [-0.1, -0.05) is 0 Å². The minimum atomic E-state index is -1.07. The van der Waals surface area contributed by atoms with Gasteiger partial charge in [0.25, 0.3) is 0 Å². The molecular formula is C11H11FN2O5. The molecule has 0 radical (unpaired) electrons. The molecule has 0 saturated carbocycles. The van der Waals surface area contributed by atoms with Crippen molar-refractivity contribution < 1.29 is 24.0 Å². The first-order valence-electron chi connectivity index (χ1n) is 5.56. The highest BCUT2D eigenvalue weighted by molar-refractivity contribution is 5.65. The average molecular weight is 270 g/mol. The summed E-state index contributed by atoms with van der Waals surface area (Å²) in [7, 11) is 0. The third-order valence-electron chi connectivity index (χ3n) is 2.83. The smallest absolute Gasteiger partial charge is 0.407 e. The van der Waals surface area contributed by atoms with E-state index in [4.69, 9.17) is 9.84 Å². The molecule has 1 heterocycles. The van der Waals surface area contributed by atoms with Gasteiger partial charge in [0.15, 0.2) is 5.75 Å². The molecular weight excluding hydrogens is 259 g/mol. The number of rotatable bonds is 3. The number of amides is 1. The van der Waals surface area contributed by atoms with E-state index >= 15 is 0 Å². The Labute approximate surface area is 107 Å². The van der Waals surface area contributed by atoms with Crippen molar-refractivity contribution in [2.75, 3.05) is 13.1 Å². The van der Waals surface area contributed by atoms with Crippen molar-refractivity contribution >= 4 is 11.8 Å². The molecule has 2 rings (SSSR count). The monoisotopic (exact) mass is 270 g/mol. The van der Waals surface area contributed by atoms with Crippen LogP contribution >= 0.6 is 0 Å². The Kier molecular flexibility index (Phi) is 3.50. The van der Waals surface area contributed by atoms with E-state index in [9.17, 15) is 19.3 Å². The van der Waals surface area contributed by atoms with E-state index < -0.39 is 22.9 Å². The van der Waals surface area contributed by atoms with Crippen molar-refractivity contribution in [3.8, 4) is 5.75 Å². The fourth-order valence-electron chi connectivity index (χ4n) is 1.91. The van der Waals surface area contributed by atoms with E-state index in [1.54, 1.807) is 0 Å². The minimum Gasteiger partial charge on any atom is -0.481 e. The Morgan fingerprint density at radius 1 is 1.58 bits per heavy atom. The number of hydrogen-bond donors (Lipinski definition) is 1. The molecule has 1 fully saturated rings. The maximum absolute atomic E-state index is 13.1. The van der Waals surface area contributed by atoms with Gasteiger partial charge in [0, 0.05) is 25.1 Å². The van der Waals surface area contributed by atoms with Crippen LogP contribution in [0.3, 0.4) is 0 Å². The number of halogens is 1. The zero-order valence-electron chi connectivity index (χ0n) is 9.78. The molecule has 7 nitrogen and oxygen atoms in total. The summed E-state index contributed by atoms with van der Waals surface area (Å²) in [5.41, 5.74) is -0.338. The van der Waals surface area contributed by atoms with E-state index in [1.807, 2.05) is 0 Å². The van der Waals surface area contributed by atoms with Gasteiger partial charge in [-0.15, -0.1) is 0 Å². The molecule has 102 valence electrons. The van der Waals surface area contributed by atoms with Gasteiger partial charge in [0.1, 0.15) is 11.9 Å². The van der Waals surface area contributed by atoms with Crippen LogP contribution in [0.1, 0.15) is 6.42 Å². The number of nitro groups is 1.